The molecule has 4 rings (SSSR count). The van der Waals surface area contributed by atoms with Crippen molar-refractivity contribution in [3.63, 3.8) is 0 Å². The Bertz CT molecular complexity index is 1350. The van der Waals surface area contributed by atoms with Gasteiger partial charge in [0.2, 0.25) is 0 Å². The second kappa shape index (κ2) is 9.54. The average molecular weight is 544 g/mol. The van der Waals surface area contributed by atoms with Crippen LogP contribution in [0.2, 0.25) is 0 Å². The minimum absolute atomic E-state index is 0.0187. The number of carbonyl (C=O) groups is 2. The molecule has 0 bridgehead atoms. The van der Waals surface area contributed by atoms with Crippen LogP contribution in [0.25, 0.3) is 6.08 Å². The van der Waals surface area contributed by atoms with Crippen LogP contribution in [0, 0.1) is 6.92 Å². The van der Waals surface area contributed by atoms with Gasteiger partial charge in [-0.15, -0.1) is 0 Å². The normalized spacial score (nSPS) is 15.3. The van der Waals surface area contributed by atoms with Crippen molar-refractivity contribution in [1.82, 2.24) is 4.90 Å². The maximum atomic E-state index is 12.9. The quantitative estimate of drug-likeness (QED) is 0.290. The average Bonchev–Trinajstić information content (AvgIpc) is 3.04. The fourth-order valence-electron chi connectivity index (χ4n) is 3.12. The van der Waals surface area contributed by atoms with E-state index in [-0.39, 0.29) is 27.3 Å². The molecule has 0 aromatic heterocycles. The highest BCUT2D eigenvalue weighted by atomic mass is 79.9. The summed E-state index contributed by atoms with van der Waals surface area (Å²) in [5.41, 5.74) is 2.10. The van der Waals surface area contributed by atoms with Gasteiger partial charge in [-0.05, 0) is 60.7 Å². The van der Waals surface area contributed by atoms with Gasteiger partial charge in [0, 0.05) is 10.0 Å². The van der Waals surface area contributed by atoms with Crippen LogP contribution in [-0.4, -0.2) is 24.5 Å². The third-order valence-corrected chi connectivity index (χ3v) is 7.47. The maximum absolute atomic E-state index is 12.9. The van der Waals surface area contributed by atoms with Crippen LogP contribution in [0.1, 0.15) is 16.7 Å². The van der Waals surface area contributed by atoms with E-state index in [1.165, 1.54) is 24.3 Å². The Hall–Kier alpha value is -2.88. The summed E-state index contributed by atoms with van der Waals surface area (Å²) in [6.45, 7) is 2.02. The predicted octanol–water partition coefficient (Wildman–Crippen LogP) is 5.76. The van der Waals surface area contributed by atoms with Crippen molar-refractivity contribution in [3.8, 4) is 5.75 Å². The second-order valence-electron chi connectivity index (χ2n) is 7.29. The van der Waals surface area contributed by atoms with Gasteiger partial charge in [-0.1, -0.05) is 64.0 Å². The zero-order valence-corrected chi connectivity index (χ0v) is 20.6. The number of benzene rings is 3. The minimum atomic E-state index is -4.09. The SMILES string of the molecule is Cc1ccc(S(=O)(=O)Oc2ccc(Br)cc2/C=C2\SC(=O)N(Cc3ccccc3)C2=O)cc1. The lowest BCUT2D eigenvalue weighted by Crippen LogP contribution is -2.27. The van der Waals surface area contributed by atoms with Gasteiger partial charge in [0.15, 0.2) is 0 Å². The summed E-state index contributed by atoms with van der Waals surface area (Å²) < 4.78 is 31.6. The highest BCUT2D eigenvalue weighted by Gasteiger charge is 2.35. The molecule has 1 heterocycles. The van der Waals surface area contributed by atoms with E-state index in [1.807, 2.05) is 37.3 Å². The smallest absolute Gasteiger partial charge is 0.339 e. The summed E-state index contributed by atoms with van der Waals surface area (Å²) in [5.74, 6) is -0.394. The number of rotatable bonds is 6. The van der Waals surface area contributed by atoms with Crippen molar-refractivity contribution >= 4 is 55.0 Å². The highest BCUT2D eigenvalue weighted by molar-refractivity contribution is 9.10. The molecule has 1 saturated heterocycles. The highest BCUT2D eigenvalue weighted by Crippen LogP contribution is 2.36. The van der Waals surface area contributed by atoms with Crippen LogP contribution in [0.3, 0.4) is 0 Å². The molecule has 3 aromatic carbocycles. The standard InChI is InChI=1S/C24H18BrNO5S2/c1-16-7-10-20(11-8-16)33(29,30)31-21-12-9-19(25)13-18(21)14-22-23(27)26(24(28)32-22)15-17-5-3-2-4-6-17/h2-14H,15H2,1H3/b22-14-. The van der Waals surface area contributed by atoms with Crippen LogP contribution in [0.4, 0.5) is 4.79 Å². The molecular formula is C24H18BrNO5S2. The molecule has 2 amide bonds. The van der Waals surface area contributed by atoms with Gasteiger partial charge in [-0.2, -0.15) is 8.42 Å². The van der Waals surface area contributed by atoms with Gasteiger partial charge in [-0.25, -0.2) is 0 Å². The molecule has 1 aliphatic rings. The third-order valence-electron chi connectivity index (χ3n) is 4.82. The lowest BCUT2D eigenvalue weighted by molar-refractivity contribution is -0.123. The molecule has 0 saturated carbocycles. The summed E-state index contributed by atoms with van der Waals surface area (Å²) in [6.07, 6.45) is 1.47. The van der Waals surface area contributed by atoms with Crippen molar-refractivity contribution in [2.24, 2.45) is 0 Å². The van der Waals surface area contributed by atoms with Crippen molar-refractivity contribution in [2.45, 2.75) is 18.4 Å². The van der Waals surface area contributed by atoms with Crippen LogP contribution in [0.15, 0.2) is 87.1 Å². The monoisotopic (exact) mass is 543 g/mol. The molecule has 0 aliphatic carbocycles. The molecule has 1 fully saturated rings. The lowest BCUT2D eigenvalue weighted by atomic mass is 10.2. The number of aryl methyl sites for hydroxylation is 1. The van der Waals surface area contributed by atoms with E-state index in [4.69, 9.17) is 4.18 Å². The molecular weight excluding hydrogens is 526 g/mol. The molecule has 0 N–H and O–H groups in total. The van der Waals surface area contributed by atoms with Crippen molar-refractivity contribution < 1.29 is 22.2 Å². The van der Waals surface area contributed by atoms with Crippen LogP contribution < -0.4 is 4.18 Å². The van der Waals surface area contributed by atoms with Crippen molar-refractivity contribution in [3.05, 3.63) is 98.9 Å². The van der Waals surface area contributed by atoms with E-state index in [9.17, 15) is 18.0 Å². The Morgan fingerprint density at radius 3 is 2.39 bits per heavy atom. The number of nitrogens with zero attached hydrogens (tertiary/aromatic N) is 1. The number of halogens is 1. The van der Waals surface area contributed by atoms with E-state index in [1.54, 1.807) is 24.3 Å². The van der Waals surface area contributed by atoms with Crippen molar-refractivity contribution in [2.75, 3.05) is 0 Å². The summed E-state index contributed by atoms with van der Waals surface area (Å²) in [5, 5.41) is -0.389. The topological polar surface area (TPSA) is 80.8 Å². The maximum Gasteiger partial charge on any atom is 0.339 e. The van der Waals surface area contributed by atoms with Crippen molar-refractivity contribution in [1.29, 1.82) is 0 Å². The first-order valence-electron chi connectivity index (χ1n) is 9.83. The molecule has 0 radical (unpaired) electrons. The van der Waals surface area contributed by atoms with Gasteiger partial charge in [0.05, 0.1) is 11.4 Å². The van der Waals surface area contributed by atoms with Gasteiger partial charge in [-0.3, -0.25) is 14.5 Å². The molecule has 168 valence electrons. The van der Waals surface area contributed by atoms with E-state index in [0.717, 1.165) is 27.8 Å². The van der Waals surface area contributed by atoms with E-state index in [2.05, 4.69) is 15.9 Å². The fraction of sp³-hybridized carbons (Fsp3) is 0.0833. The van der Waals surface area contributed by atoms with Crippen LogP contribution in [0.5, 0.6) is 5.75 Å². The number of hydrogen-bond acceptors (Lipinski definition) is 6. The molecule has 6 nitrogen and oxygen atoms in total. The number of imide groups is 1. The van der Waals surface area contributed by atoms with Gasteiger partial charge >= 0.3 is 10.1 Å². The number of carbonyl (C=O) groups excluding carboxylic acids is 2. The fourth-order valence-corrected chi connectivity index (χ4v) is 5.28. The van der Waals surface area contributed by atoms with Crippen LogP contribution >= 0.6 is 27.7 Å². The summed E-state index contributed by atoms with van der Waals surface area (Å²) in [4.78, 5) is 26.7. The molecule has 0 unspecified atom stereocenters. The Morgan fingerprint density at radius 1 is 1.00 bits per heavy atom. The Morgan fingerprint density at radius 2 is 1.70 bits per heavy atom. The first-order chi connectivity index (χ1) is 15.7. The predicted molar refractivity (Wildman–Crippen MR) is 131 cm³/mol. The molecule has 33 heavy (non-hydrogen) atoms. The Balaban J connectivity index is 1.63. The van der Waals surface area contributed by atoms with Gasteiger partial charge in [0.1, 0.15) is 10.6 Å². The molecule has 0 spiro atoms. The molecule has 9 heteroatoms. The first-order valence-corrected chi connectivity index (χ1v) is 12.8. The number of thioether (sulfide) groups is 1. The molecule has 0 atom stereocenters. The summed E-state index contributed by atoms with van der Waals surface area (Å²) >= 11 is 4.16. The Labute approximate surface area is 204 Å². The lowest BCUT2D eigenvalue weighted by Gasteiger charge is -2.12. The van der Waals surface area contributed by atoms with Gasteiger partial charge in [0.25, 0.3) is 11.1 Å². The second-order valence-corrected chi connectivity index (χ2v) is 10.7. The van der Waals surface area contributed by atoms with Gasteiger partial charge < -0.3 is 4.18 Å². The largest absolute Gasteiger partial charge is 0.378 e. The third kappa shape index (κ3) is 5.38. The Kier molecular flexibility index (Phi) is 6.73. The van der Waals surface area contributed by atoms with E-state index in [0.29, 0.717) is 10.0 Å². The number of amides is 2. The van der Waals surface area contributed by atoms with E-state index < -0.39 is 16.0 Å². The summed E-state index contributed by atoms with van der Waals surface area (Å²) in [6, 6.07) is 20.3. The summed E-state index contributed by atoms with van der Waals surface area (Å²) in [7, 11) is -4.09. The first kappa shape index (κ1) is 23.3. The minimum Gasteiger partial charge on any atom is -0.378 e. The molecule has 3 aromatic rings. The van der Waals surface area contributed by atoms with E-state index >= 15 is 0 Å². The zero-order chi connectivity index (χ0) is 23.6. The molecule has 1 aliphatic heterocycles. The zero-order valence-electron chi connectivity index (χ0n) is 17.4. The van der Waals surface area contributed by atoms with Crippen LogP contribution in [-0.2, 0) is 21.5 Å². The number of hydrogen-bond donors (Lipinski definition) is 0.